The van der Waals surface area contributed by atoms with Crippen LogP contribution < -0.4 is 14.4 Å². The number of hydrogen-bond acceptors (Lipinski definition) is 5. The minimum absolute atomic E-state index is 0.0233. The Labute approximate surface area is 142 Å². The Bertz CT molecular complexity index is 700. The Morgan fingerprint density at radius 3 is 2.88 bits per heavy atom. The molecule has 1 N–H and O–H groups in total. The number of sulfonamides is 1. The third-order valence-corrected chi connectivity index (χ3v) is 6.00. The fraction of sp³-hybridized carbons (Fsp3) is 0.562. The van der Waals surface area contributed by atoms with Gasteiger partial charge in [-0.2, -0.15) is 0 Å². The second kappa shape index (κ2) is 6.98. The van der Waals surface area contributed by atoms with E-state index in [2.05, 4.69) is 5.32 Å². The van der Waals surface area contributed by atoms with E-state index in [1.165, 1.54) is 4.31 Å². The Morgan fingerprint density at radius 1 is 1.38 bits per heavy atom. The van der Waals surface area contributed by atoms with Gasteiger partial charge in [0, 0.05) is 13.2 Å². The van der Waals surface area contributed by atoms with Gasteiger partial charge in [-0.3, -0.25) is 9.10 Å². The third-order valence-electron chi connectivity index (χ3n) is 4.26. The summed E-state index contributed by atoms with van der Waals surface area (Å²) in [7, 11) is -3.48. The van der Waals surface area contributed by atoms with Crippen LogP contribution in [0.15, 0.2) is 24.3 Å². The molecule has 0 aromatic heterocycles. The Kier molecular flexibility index (Phi) is 4.96. The van der Waals surface area contributed by atoms with Crippen molar-refractivity contribution in [2.75, 3.05) is 29.8 Å². The summed E-state index contributed by atoms with van der Waals surface area (Å²) in [6.45, 7) is 2.70. The van der Waals surface area contributed by atoms with Gasteiger partial charge < -0.3 is 14.8 Å². The van der Waals surface area contributed by atoms with E-state index < -0.39 is 16.1 Å². The molecule has 2 heterocycles. The summed E-state index contributed by atoms with van der Waals surface area (Å²) in [5.41, 5.74) is 0.475. The van der Waals surface area contributed by atoms with Crippen LogP contribution in [0.5, 0.6) is 5.75 Å². The molecule has 1 aromatic rings. The largest absolute Gasteiger partial charge is 0.476 e. The number of anilines is 1. The molecule has 0 bridgehead atoms. The standard InChI is InChI=1S/C16H22N2O5S/c1-2-24(20,21)18-11-15(23-14-8-4-3-7-13(14)18)16(19)17-10-12-6-5-9-22-12/h3-4,7-8,12,15H,2,5-6,9-11H2,1H3,(H,17,19)/t12-,15-/m1/s1. The summed E-state index contributed by atoms with van der Waals surface area (Å²) in [5, 5.41) is 2.80. The average molecular weight is 354 g/mol. The highest BCUT2D eigenvalue weighted by atomic mass is 32.2. The van der Waals surface area contributed by atoms with Crippen molar-refractivity contribution in [1.29, 1.82) is 0 Å². The zero-order chi connectivity index (χ0) is 17.2. The van der Waals surface area contributed by atoms with Crippen molar-refractivity contribution >= 4 is 21.6 Å². The molecular weight excluding hydrogens is 332 g/mol. The van der Waals surface area contributed by atoms with Gasteiger partial charge in [-0.25, -0.2) is 8.42 Å². The van der Waals surface area contributed by atoms with E-state index in [4.69, 9.17) is 9.47 Å². The zero-order valence-electron chi connectivity index (χ0n) is 13.6. The van der Waals surface area contributed by atoms with E-state index in [-0.39, 0.29) is 24.3 Å². The van der Waals surface area contributed by atoms with Crippen molar-refractivity contribution < 1.29 is 22.7 Å². The lowest BCUT2D eigenvalue weighted by Crippen LogP contribution is -2.51. The summed E-state index contributed by atoms with van der Waals surface area (Å²) in [6, 6.07) is 6.86. The number of nitrogens with one attached hydrogen (secondary N) is 1. The van der Waals surface area contributed by atoms with Crippen LogP contribution in [0.4, 0.5) is 5.69 Å². The summed E-state index contributed by atoms with van der Waals surface area (Å²) in [6.07, 6.45) is 1.07. The maximum absolute atomic E-state index is 12.4. The highest BCUT2D eigenvalue weighted by Gasteiger charge is 2.36. The predicted molar refractivity (Wildman–Crippen MR) is 89.6 cm³/mol. The lowest BCUT2D eigenvalue weighted by Gasteiger charge is -2.34. The van der Waals surface area contributed by atoms with Crippen molar-refractivity contribution in [1.82, 2.24) is 5.32 Å². The molecule has 132 valence electrons. The molecule has 24 heavy (non-hydrogen) atoms. The number of benzene rings is 1. The van der Waals surface area contributed by atoms with Crippen LogP contribution in [0.2, 0.25) is 0 Å². The molecule has 0 saturated carbocycles. The van der Waals surface area contributed by atoms with Crippen molar-refractivity contribution in [2.24, 2.45) is 0 Å². The van der Waals surface area contributed by atoms with Gasteiger partial charge in [0.15, 0.2) is 6.10 Å². The molecule has 0 aliphatic carbocycles. The molecule has 0 radical (unpaired) electrons. The van der Waals surface area contributed by atoms with Crippen LogP contribution >= 0.6 is 0 Å². The molecule has 2 atom stereocenters. The molecule has 0 spiro atoms. The molecule has 1 saturated heterocycles. The minimum Gasteiger partial charge on any atom is -0.476 e. The average Bonchev–Trinajstić information content (AvgIpc) is 3.12. The van der Waals surface area contributed by atoms with Gasteiger partial charge >= 0.3 is 0 Å². The van der Waals surface area contributed by atoms with Crippen LogP contribution in [0.25, 0.3) is 0 Å². The number of nitrogens with zero attached hydrogens (tertiary/aromatic N) is 1. The van der Waals surface area contributed by atoms with Gasteiger partial charge in [0.05, 0.1) is 24.1 Å². The summed E-state index contributed by atoms with van der Waals surface area (Å²) >= 11 is 0. The van der Waals surface area contributed by atoms with Crippen LogP contribution in [0.1, 0.15) is 19.8 Å². The fourth-order valence-corrected chi connectivity index (χ4v) is 4.02. The van der Waals surface area contributed by atoms with E-state index in [0.717, 1.165) is 19.4 Å². The van der Waals surface area contributed by atoms with E-state index in [1.54, 1.807) is 31.2 Å². The highest BCUT2D eigenvalue weighted by Crippen LogP contribution is 2.35. The monoisotopic (exact) mass is 354 g/mol. The number of fused-ring (bicyclic) bond motifs is 1. The lowest BCUT2D eigenvalue weighted by atomic mass is 10.2. The quantitative estimate of drug-likeness (QED) is 0.849. The molecule has 3 rings (SSSR count). The van der Waals surface area contributed by atoms with Gasteiger partial charge in [0.1, 0.15) is 5.75 Å². The number of ether oxygens (including phenoxy) is 2. The molecule has 0 unspecified atom stereocenters. The number of rotatable bonds is 5. The van der Waals surface area contributed by atoms with Crippen molar-refractivity contribution in [2.45, 2.75) is 32.0 Å². The maximum atomic E-state index is 12.4. The summed E-state index contributed by atoms with van der Waals surface area (Å²) in [5.74, 6) is 0.0420. The first-order valence-corrected chi connectivity index (χ1v) is 9.77. The predicted octanol–water partition coefficient (Wildman–Crippen LogP) is 0.899. The molecule has 2 aliphatic rings. The molecule has 8 heteroatoms. The summed E-state index contributed by atoms with van der Waals surface area (Å²) in [4.78, 5) is 12.4. The molecular formula is C16H22N2O5S. The number of para-hydroxylation sites is 2. The minimum atomic E-state index is -3.48. The van der Waals surface area contributed by atoms with E-state index in [0.29, 0.717) is 18.0 Å². The summed E-state index contributed by atoms with van der Waals surface area (Å²) < 4.78 is 37.2. The van der Waals surface area contributed by atoms with Crippen LogP contribution in [-0.4, -0.2) is 52.0 Å². The molecule has 2 aliphatic heterocycles. The first-order chi connectivity index (χ1) is 11.5. The van der Waals surface area contributed by atoms with E-state index in [1.807, 2.05) is 0 Å². The first kappa shape index (κ1) is 17.0. The number of amides is 1. The molecule has 1 aromatic carbocycles. The number of carbonyl (C=O) groups is 1. The Balaban J connectivity index is 1.75. The topological polar surface area (TPSA) is 84.9 Å². The first-order valence-electron chi connectivity index (χ1n) is 8.16. The maximum Gasteiger partial charge on any atom is 0.263 e. The van der Waals surface area contributed by atoms with Crippen molar-refractivity contribution in [3.63, 3.8) is 0 Å². The highest BCUT2D eigenvalue weighted by molar-refractivity contribution is 7.92. The van der Waals surface area contributed by atoms with Gasteiger partial charge in [0.25, 0.3) is 5.91 Å². The van der Waals surface area contributed by atoms with Crippen molar-refractivity contribution in [3.05, 3.63) is 24.3 Å². The SMILES string of the molecule is CCS(=O)(=O)N1C[C@H](C(=O)NC[C@H]2CCCO2)Oc2ccccc21. The van der Waals surface area contributed by atoms with Gasteiger partial charge in [-0.15, -0.1) is 0 Å². The van der Waals surface area contributed by atoms with Crippen LogP contribution in [0, 0.1) is 0 Å². The molecule has 1 fully saturated rings. The second-order valence-electron chi connectivity index (χ2n) is 5.89. The smallest absolute Gasteiger partial charge is 0.263 e. The van der Waals surface area contributed by atoms with Crippen LogP contribution in [-0.2, 0) is 19.6 Å². The second-order valence-corrected chi connectivity index (χ2v) is 8.07. The van der Waals surface area contributed by atoms with Crippen LogP contribution in [0.3, 0.4) is 0 Å². The third kappa shape index (κ3) is 3.49. The van der Waals surface area contributed by atoms with Crippen molar-refractivity contribution in [3.8, 4) is 5.75 Å². The fourth-order valence-electron chi connectivity index (χ4n) is 2.89. The van der Waals surface area contributed by atoms with Gasteiger partial charge in [-0.1, -0.05) is 12.1 Å². The lowest BCUT2D eigenvalue weighted by molar-refractivity contribution is -0.128. The van der Waals surface area contributed by atoms with E-state index >= 15 is 0 Å². The molecule has 7 nitrogen and oxygen atoms in total. The zero-order valence-corrected chi connectivity index (χ0v) is 14.4. The van der Waals surface area contributed by atoms with Gasteiger partial charge in [0.2, 0.25) is 10.0 Å². The molecule has 1 amide bonds. The Morgan fingerprint density at radius 2 is 2.17 bits per heavy atom. The normalized spacial score (nSPS) is 23.5. The number of carbonyl (C=O) groups excluding carboxylic acids is 1. The van der Waals surface area contributed by atoms with Gasteiger partial charge in [-0.05, 0) is 31.9 Å². The Hall–Kier alpha value is -1.80. The number of hydrogen-bond donors (Lipinski definition) is 1. The van der Waals surface area contributed by atoms with E-state index in [9.17, 15) is 13.2 Å².